The van der Waals surface area contributed by atoms with Gasteiger partial charge in [0.05, 0.1) is 30.1 Å². The van der Waals surface area contributed by atoms with Gasteiger partial charge in [-0.2, -0.15) is 15.5 Å². The Hall–Kier alpha value is -4.32. The van der Waals surface area contributed by atoms with Gasteiger partial charge >= 0.3 is 6.03 Å². The summed E-state index contributed by atoms with van der Waals surface area (Å²) in [5.41, 5.74) is 3.65. The van der Waals surface area contributed by atoms with E-state index in [1.54, 1.807) is 29.2 Å². The number of nitrogens with zero attached hydrogens (tertiary/aromatic N) is 4. The fraction of sp³-hybridized carbons (Fsp3) is 0.143. The molecule has 0 saturated carbocycles. The maximum Gasteiger partial charge on any atom is 0.324 e. The minimum absolute atomic E-state index is 0.418. The Bertz CT molecular complexity index is 1230. The number of nitrogens with one attached hydrogen (secondary N) is 3. The molecule has 9 nitrogen and oxygen atoms in total. The fourth-order valence-corrected chi connectivity index (χ4v) is 2.98. The third kappa shape index (κ3) is 4.07. The van der Waals surface area contributed by atoms with Crippen molar-refractivity contribution in [2.24, 2.45) is 0 Å². The molecule has 0 radical (unpaired) electrons. The SMILES string of the molecule is Cc1ccc(-c2[nH]nc(NC(=O)Nc3cnn(Cc4ccc(C#N)cc4)c3)c2C)o1. The van der Waals surface area contributed by atoms with Gasteiger partial charge in [-0.25, -0.2) is 4.79 Å². The van der Waals surface area contributed by atoms with Gasteiger partial charge in [-0.15, -0.1) is 0 Å². The Morgan fingerprint density at radius 3 is 2.70 bits per heavy atom. The number of H-pyrrole nitrogens is 1. The number of hydrogen-bond acceptors (Lipinski definition) is 5. The molecule has 3 aromatic heterocycles. The largest absolute Gasteiger partial charge is 0.460 e. The van der Waals surface area contributed by atoms with Gasteiger partial charge in [0.15, 0.2) is 11.6 Å². The van der Waals surface area contributed by atoms with Crippen molar-refractivity contribution in [3.8, 4) is 17.5 Å². The molecule has 3 heterocycles. The van der Waals surface area contributed by atoms with Gasteiger partial charge in [0.25, 0.3) is 0 Å². The molecular weight excluding hydrogens is 382 g/mol. The van der Waals surface area contributed by atoms with E-state index in [4.69, 9.17) is 9.68 Å². The average molecular weight is 401 g/mol. The number of amides is 2. The highest BCUT2D eigenvalue weighted by Gasteiger charge is 2.15. The summed E-state index contributed by atoms with van der Waals surface area (Å²) < 4.78 is 7.30. The number of rotatable bonds is 5. The van der Waals surface area contributed by atoms with Crippen LogP contribution in [0.15, 0.2) is 53.2 Å². The number of urea groups is 1. The van der Waals surface area contributed by atoms with Gasteiger partial charge < -0.3 is 9.73 Å². The number of furan rings is 1. The van der Waals surface area contributed by atoms with E-state index in [-0.39, 0.29) is 0 Å². The number of aromatic amines is 1. The summed E-state index contributed by atoms with van der Waals surface area (Å²) in [6, 6.07) is 12.6. The van der Waals surface area contributed by atoms with Crippen molar-refractivity contribution in [2.45, 2.75) is 20.4 Å². The Labute approximate surface area is 172 Å². The molecule has 3 N–H and O–H groups in total. The predicted octanol–water partition coefficient (Wildman–Crippen LogP) is 4.05. The Morgan fingerprint density at radius 1 is 1.20 bits per heavy atom. The first-order valence-corrected chi connectivity index (χ1v) is 9.23. The third-order valence-electron chi connectivity index (χ3n) is 4.55. The van der Waals surface area contributed by atoms with Gasteiger partial charge in [0, 0.05) is 11.8 Å². The van der Waals surface area contributed by atoms with Gasteiger partial charge in [0.1, 0.15) is 11.5 Å². The molecule has 0 aliphatic carbocycles. The van der Waals surface area contributed by atoms with Crippen LogP contribution in [-0.4, -0.2) is 26.0 Å². The molecule has 0 saturated heterocycles. The van der Waals surface area contributed by atoms with E-state index >= 15 is 0 Å². The van der Waals surface area contributed by atoms with E-state index in [2.05, 4.69) is 32.0 Å². The molecule has 0 atom stereocenters. The molecule has 0 fully saturated rings. The van der Waals surface area contributed by atoms with Crippen LogP contribution in [0, 0.1) is 25.2 Å². The van der Waals surface area contributed by atoms with Crippen LogP contribution < -0.4 is 10.6 Å². The van der Waals surface area contributed by atoms with Crippen molar-refractivity contribution >= 4 is 17.5 Å². The van der Waals surface area contributed by atoms with E-state index in [0.717, 1.165) is 16.9 Å². The monoisotopic (exact) mass is 401 g/mol. The van der Waals surface area contributed by atoms with Gasteiger partial charge in [-0.1, -0.05) is 12.1 Å². The zero-order chi connectivity index (χ0) is 21.1. The van der Waals surface area contributed by atoms with Crippen LogP contribution in [0.1, 0.15) is 22.5 Å². The van der Waals surface area contributed by atoms with Crippen molar-refractivity contribution in [1.29, 1.82) is 5.26 Å². The highest BCUT2D eigenvalue weighted by Crippen LogP contribution is 2.27. The number of hydrogen-bond donors (Lipinski definition) is 3. The van der Waals surface area contributed by atoms with Gasteiger partial charge in [0.2, 0.25) is 0 Å². The minimum atomic E-state index is -0.426. The zero-order valence-electron chi connectivity index (χ0n) is 16.4. The van der Waals surface area contributed by atoms with Crippen LogP contribution in [0.4, 0.5) is 16.3 Å². The molecule has 4 aromatic rings. The van der Waals surface area contributed by atoms with E-state index < -0.39 is 6.03 Å². The highest BCUT2D eigenvalue weighted by atomic mass is 16.3. The van der Waals surface area contributed by atoms with Crippen LogP contribution in [0.3, 0.4) is 0 Å². The first-order chi connectivity index (χ1) is 14.5. The van der Waals surface area contributed by atoms with E-state index in [1.165, 1.54) is 0 Å². The average Bonchev–Trinajstić information content (AvgIpc) is 3.44. The standard InChI is InChI=1S/C21H19N7O2/c1-13-3-8-18(30-13)19-14(2)20(27-26-19)25-21(29)24-17-10-23-28(12-17)11-16-6-4-15(9-22)5-7-16/h3-8,10,12H,11H2,1-2H3,(H3,24,25,26,27,29). The quantitative estimate of drug-likeness (QED) is 0.465. The molecule has 0 bridgehead atoms. The summed E-state index contributed by atoms with van der Waals surface area (Å²) in [4.78, 5) is 12.4. The molecule has 0 aliphatic heterocycles. The third-order valence-corrected chi connectivity index (χ3v) is 4.55. The lowest BCUT2D eigenvalue weighted by Crippen LogP contribution is -2.19. The number of nitriles is 1. The van der Waals surface area contributed by atoms with Crippen molar-refractivity contribution in [3.63, 3.8) is 0 Å². The first-order valence-electron chi connectivity index (χ1n) is 9.23. The second kappa shape index (κ2) is 7.97. The van der Waals surface area contributed by atoms with E-state index in [1.807, 2.05) is 38.1 Å². The molecule has 0 unspecified atom stereocenters. The second-order valence-corrected chi connectivity index (χ2v) is 6.80. The Morgan fingerprint density at radius 2 is 2.00 bits per heavy atom. The number of benzene rings is 1. The fourth-order valence-electron chi connectivity index (χ4n) is 2.98. The van der Waals surface area contributed by atoms with Gasteiger partial charge in [-0.05, 0) is 43.7 Å². The summed E-state index contributed by atoms with van der Waals surface area (Å²) >= 11 is 0. The Kier molecular flexibility index (Phi) is 5.05. The summed E-state index contributed by atoms with van der Waals surface area (Å²) in [5.74, 6) is 1.88. The topological polar surface area (TPSA) is 125 Å². The summed E-state index contributed by atoms with van der Waals surface area (Å²) in [5, 5.41) is 25.6. The Balaban J connectivity index is 1.38. The first kappa shape index (κ1) is 19.0. The maximum atomic E-state index is 12.4. The number of aryl methyl sites for hydroxylation is 1. The maximum absolute atomic E-state index is 12.4. The second-order valence-electron chi connectivity index (χ2n) is 6.80. The summed E-state index contributed by atoms with van der Waals surface area (Å²) in [6.07, 6.45) is 3.30. The molecule has 150 valence electrons. The lowest BCUT2D eigenvalue weighted by molar-refractivity contribution is 0.262. The zero-order valence-corrected chi connectivity index (χ0v) is 16.4. The van der Waals surface area contributed by atoms with Crippen LogP contribution >= 0.6 is 0 Å². The molecule has 9 heteroatoms. The lowest BCUT2D eigenvalue weighted by atomic mass is 10.1. The molecule has 1 aromatic carbocycles. The van der Waals surface area contributed by atoms with E-state index in [0.29, 0.717) is 35.1 Å². The minimum Gasteiger partial charge on any atom is -0.460 e. The van der Waals surface area contributed by atoms with Crippen molar-refractivity contribution in [1.82, 2.24) is 20.0 Å². The van der Waals surface area contributed by atoms with Crippen molar-refractivity contribution < 1.29 is 9.21 Å². The number of anilines is 2. The molecule has 0 aliphatic rings. The molecule has 2 amide bonds. The number of carbonyl (C=O) groups is 1. The lowest BCUT2D eigenvalue weighted by Gasteiger charge is -2.04. The van der Waals surface area contributed by atoms with Crippen LogP contribution in [0.25, 0.3) is 11.5 Å². The summed E-state index contributed by atoms with van der Waals surface area (Å²) in [6.45, 7) is 4.24. The van der Waals surface area contributed by atoms with Gasteiger partial charge in [-0.3, -0.25) is 15.1 Å². The normalized spacial score (nSPS) is 10.6. The van der Waals surface area contributed by atoms with Crippen molar-refractivity contribution in [3.05, 3.63) is 71.2 Å². The highest BCUT2D eigenvalue weighted by molar-refractivity contribution is 5.99. The van der Waals surface area contributed by atoms with E-state index in [9.17, 15) is 4.79 Å². The number of carbonyl (C=O) groups excluding carboxylic acids is 1. The molecule has 0 spiro atoms. The van der Waals surface area contributed by atoms with Crippen LogP contribution in [0.2, 0.25) is 0 Å². The summed E-state index contributed by atoms with van der Waals surface area (Å²) in [7, 11) is 0. The smallest absolute Gasteiger partial charge is 0.324 e. The van der Waals surface area contributed by atoms with Crippen LogP contribution in [-0.2, 0) is 6.54 Å². The molecule has 4 rings (SSSR count). The predicted molar refractivity (Wildman–Crippen MR) is 111 cm³/mol. The van der Waals surface area contributed by atoms with Crippen LogP contribution in [0.5, 0.6) is 0 Å². The van der Waals surface area contributed by atoms with Crippen molar-refractivity contribution in [2.75, 3.05) is 10.6 Å². The molecular formula is C21H19N7O2. The molecule has 30 heavy (non-hydrogen) atoms. The number of aromatic nitrogens is 4.